The molecule has 9 heteroatoms. The Labute approximate surface area is 224 Å². The van der Waals surface area contributed by atoms with Crippen LogP contribution in [0.25, 0.3) is 5.69 Å². The summed E-state index contributed by atoms with van der Waals surface area (Å²) in [5.41, 5.74) is 4.80. The van der Waals surface area contributed by atoms with Crippen LogP contribution < -0.4 is 15.2 Å². The van der Waals surface area contributed by atoms with Crippen LogP contribution in [-0.4, -0.2) is 27.4 Å². The third-order valence-electron chi connectivity index (χ3n) is 6.70. The highest BCUT2D eigenvalue weighted by molar-refractivity contribution is 6.31. The Morgan fingerprint density at radius 3 is 2.43 bits per heavy atom. The molecule has 0 N–H and O–H groups in total. The van der Waals surface area contributed by atoms with Gasteiger partial charge in [-0.15, -0.1) is 0 Å². The van der Waals surface area contributed by atoms with Crippen LogP contribution in [0.5, 0.6) is 5.75 Å². The summed E-state index contributed by atoms with van der Waals surface area (Å²) >= 11 is 12.6. The van der Waals surface area contributed by atoms with Gasteiger partial charge in [-0.05, 0) is 54.3 Å². The molecule has 2 aromatic carbocycles. The minimum Gasteiger partial charge on any atom is -0.494 e. The van der Waals surface area contributed by atoms with E-state index in [4.69, 9.17) is 33.0 Å². The zero-order valence-electron chi connectivity index (χ0n) is 21.1. The molecule has 0 bridgehead atoms. The zero-order valence-corrected chi connectivity index (χ0v) is 22.6. The smallest absolute Gasteiger partial charge is 0.280 e. The third-order valence-corrected chi connectivity index (χ3v) is 7.21. The molecule has 4 aromatic rings. The molecule has 1 aliphatic heterocycles. The summed E-state index contributed by atoms with van der Waals surface area (Å²) in [6.45, 7) is 6.12. The number of amides is 1. The number of aryl methyl sites for hydroxylation is 2. The van der Waals surface area contributed by atoms with E-state index in [1.54, 1.807) is 25.3 Å². The lowest BCUT2D eigenvalue weighted by molar-refractivity contribution is 0.0988. The van der Waals surface area contributed by atoms with Crippen LogP contribution in [-0.2, 0) is 7.05 Å². The Balaban J connectivity index is 1.83. The quantitative estimate of drug-likeness (QED) is 0.310. The first-order chi connectivity index (χ1) is 17.6. The number of anilines is 1. The minimum atomic E-state index is -0.505. The molecule has 0 saturated heterocycles. The fourth-order valence-electron chi connectivity index (χ4n) is 5.07. The molecule has 0 aliphatic carbocycles. The summed E-state index contributed by atoms with van der Waals surface area (Å²) < 4.78 is 8.81. The highest BCUT2D eigenvalue weighted by Gasteiger charge is 2.45. The molecule has 0 radical (unpaired) electrons. The van der Waals surface area contributed by atoms with Crippen LogP contribution in [0.1, 0.15) is 58.7 Å². The number of pyridine rings is 1. The first kappa shape index (κ1) is 25.1. The van der Waals surface area contributed by atoms with E-state index in [-0.39, 0.29) is 22.4 Å². The molecular formula is C28H26Cl2N4O3. The summed E-state index contributed by atoms with van der Waals surface area (Å²) in [6, 6.07) is 14.3. The van der Waals surface area contributed by atoms with Gasteiger partial charge in [0, 0.05) is 23.8 Å². The van der Waals surface area contributed by atoms with Gasteiger partial charge in [0.05, 0.1) is 24.5 Å². The molecule has 3 heterocycles. The second kappa shape index (κ2) is 9.39. The van der Waals surface area contributed by atoms with Gasteiger partial charge in [0.1, 0.15) is 16.5 Å². The normalized spacial score (nSPS) is 15.0. The monoisotopic (exact) mass is 536 g/mol. The molecule has 0 fully saturated rings. The number of nitrogens with zero attached hydrogens (tertiary/aromatic N) is 4. The second-order valence-electron chi connectivity index (χ2n) is 9.43. The zero-order chi connectivity index (χ0) is 26.6. The molecular weight excluding hydrogens is 511 g/mol. The standard InChI is InChI=1S/C28H26Cl2N4O3/c1-15(2)25-23-24(31-34(25)21-8-6-7-9-22(21)37-5)28(36)33(18-13-20(30)27(35)32(4)14-18)26(23)19-11-10-17(29)12-16(19)3/h6-15,26H,1-5H3. The Bertz CT molecular complexity index is 1580. The average molecular weight is 537 g/mol. The van der Waals surface area contributed by atoms with Crippen LogP contribution in [0.3, 0.4) is 0 Å². The fourth-order valence-corrected chi connectivity index (χ4v) is 5.54. The Morgan fingerprint density at radius 2 is 1.78 bits per heavy atom. The number of benzene rings is 2. The lowest BCUT2D eigenvalue weighted by Gasteiger charge is -2.29. The Kier molecular flexibility index (Phi) is 6.38. The van der Waals surface area contributed by atoms with E-state index in [0.717, 1.165) is 28.1 Å². The number of para-hydroxylation sites is 2. The van der Waals surface area contributed by atoms with E-state index in [0.29, 0.717) is 22.2 Å². The maximum absolute atomic E-state index is 14.1. The SMILES string of the molecule is COc1ccccc1-n1nc2c(c1C(C)C)C(c1ccc(Cl)cc1C)N(c1cc(Cl)c(=O)n(C)c1)C2=O. The first-order valence-corrected chi connectivity index (χ1v) is 12.6. The van der Waals surface area contributed by atoms with Crippen molar-refractivity contribution in [2.75, 3.05) is 12.0 Å². The molecule has 1 amide bonds. The summed E-state index contributed by atoms with van der Waals surface area (Å²) in [5.74, 6) is 0.395. The van der Waals surface area contributed by atoms with Crippen molar-refractivity contribution in [3.63, 3.8) is 0 Å². The largest absolute Gasteiger partial charge is 0.494 e. The number of rotatable bonds is 5. The predicted molar refractivity (Wildman–Crippen MR) is 146 cm³/mol. The summed E-state index contributed by atoms with van der Waals surface area (Å²) in [4.78, 5) is 28.1. The number of hydrogen-bond acceptors (Lipinski definition) is 4. The van der Waals surface area contributed by atoms with Crippen molar-refractivity contribution >= 4 is 34.8 Å². The fraction of sp³-hybridized carbons (Fsp3) is 0.250. The van der Waals surface area contributed by atoms with Gasteiger partial charge in [0.2, 0.25) is 0 Å². The third kappa shape index (κ3) is 4.03. The van der Waals surface area contributed by atoms with E-state index in [1.807, 2.05) is 54.1 Å². The number of ether oxygens (including phenoxy) is 1. The minimum absolute atomic E-state index is 0.0211. The van der Waals surface area contributed by atoms with Crippen molar-refractivity contribution in [1.29, 1.82) is 0 Å². The topological polar surface area (TPSA) is 69.4 Å². The Hall–Kier alpha value is -3.55. The molecule has 0 spiro atoms. The van der Waals surface area contributed by atoms with Crippen LogP contribution in [0.2, 0.25) is 10.0 Å². The molecule has 190 valence electrons. The molecule has 1 aliphatic rings. The van der Waals surface area contributed by atoms with Gasteiger partial charge in [-0.3, -0.25) is 14.5 Å². The van der Waals surface area contributed by atoms with Gasteiger partial charge in [-0.25, -0.2) is 4.68 Å². The van der Waals surface area contributed by atoms with E-state index in [2.05, 4.69) is 13.8 Å². The van der Waals surface area contributed by atoms with Gasteiger partial charge in [-0.2, -0.15) is 5.10 Å². The number of methoxy groups -OCH3 is 1. The van der Waals surface area contributed by atoms with Gasteiger partial charge >= 0.3 is 0 Å². The lowest BCUT2D eigenvalue weighted by Crippen LogP contribution is -2.32. The number of aromatic nitrogens is 3. The first-order valence-electron chi connectivity index (χ1n) is 11.9. The maximum Gasteiger partial charge on any atom is 0.280 e. The van der Waals surface area contributed by atoms with E-state index in [1.165, 1.54) is 10.6 Å². The van der Waals surface area contributed by atoms with Crippen molar-refractivity contribution in [3.05, 3.63) is 103 Å². The molecule has 2 aromatic heterocycles. The van der Waals surface area contributed by atoms with Crippen LogP contribution in [0, 0.1) is 6.92 Å². The van der Waals surface area contributed by atoms with Crippen molar-refractivity contribution < 1.29 is 9.53 Å². The highest BCUT2D eigenvalue weighted by atomic mass is 35.5. The van der Waals surface area contributed by atoms with E-state index >= 15 is 0 Å². The van der Waals surface area contributed by atoms with Gasteiger partial charge in [-0.1, -0.05) is 55.2 Å². The highest BCUT2D eigenvalue weighted by Crippen LogP contribution is 2.47. The van der Waals surface area contributed by atoms with Gasteiger partial charge in [0.25, 0.3) is 11.5 Å². The van der Waals surface area contributed by atoms with E-state index < -0.39 is 6.04 Å². The summed E-state index contributed by atoms with van der Waals surface area (Å²) in [7, 11) is 3.22. The molecule has 1 unspecified atom stereocenters. The van der Waals surface area contributed by atoms with Gasteiger partial charge in [0.15, 0.2) is 5.69 Å². The molecule has 7 nitrogen and oxygen atoms in total. The molecule has 37 heavy (non-hydrogen) atoms. The van der Waals surface area contributed by atoms with Gasteiger partial charge < -0.3 is 9.30 Å². The predicted octanol–water partition coefficient (Wildman–Crippen LogP) is 6.07. The van der Waals surface area contributed by atoms with Crippen LogP contribution in [0.15, 0.2) is 59.5 Å². The van der Waals surface area contributed by atoms with Crippen LogP contribution in [0.4, 0.5) is 5.69 Å². The molecule has 1 atom stereocenters. The average Bonchev–Trinajstić information content (AvgIpc) is 3.37. The van der Waals surface area contributed by atoms with E-state index in [9.17, 15) is 9.59 Å². The summed E-state index contributed by atoms with van der Waals surface area (Å²) in [5, 5.41) is 5.49. The Morgan fingerprint density at radius 1 is 1.05 bits per heavy atom. The van der Waals surface area contributed by atoms with Crippen molar-refractivity contribution in [2.45, 2.75) is 32.7 Å². The number of fused-ring (bicyclic) bond motifs is 1. The number of carbonyl (C=O) groups excluding carboxylic acids is 1. The van der Waals surface area contributed by atoms with Crippen molar-refractivity contribution in [3.8, 4) is 11.4 Å². The molecule has 0 saturated carbocycles. The number of carbonyl (C=O) groups is 1. The van der Waals surface area contributed by atoms with Crippen molar-refractivity contribution in [2.24, 2.45) is 7.05 Å². The molecule has 5 rings (SSSR count). The maximum atomic E-state index is 14.1. The number of halogens is 2. The van der Waals surface area contributed by atoms with Crippen molar-refractivity contribution in [1.82, 2.24) is 14.3 Å². The second-order valence-corrected chi connectivity index (χ2v) is 10.3. The lowest BCUT2D eigenvalue weighted by atomic mass is 9.92. The summed E-state index contributed by atoms with van der Waals surface area (Å²) in [6.07, 6.45) is 1.62. The van der Waals surface area contributed by atoms with Crippen LogP contribution >= 0.6 is 23.2 Å². The number of hydrogen-bond donors (Lipinski definition) is 0.